The first-order valence-corrected chi connectivity index (χ1v) is 13.2. The Bertz CT molecular complexity index is 1210. The summed E-state index contributed by atoms with van der Waals surface area (Å²) in [6, 6.07) is 7.65. The molecular formula is C26H26Cl2F4N2OS. The van der Waals surface area contributed by atoms with Crippen LogP contribution in [0.15, 0.2) is 34.7 Å². The molecule has 194 valence electrons. The van der Waals surface area contributed by atoms with Crippen LogP contribution < -0.4 is 0 Å². The van der Waals surface area contributed by atoms with Gasteiger partial charge in [0.2, 0.25) is 0 Å². The fourth-order valence-electron chi connectivity index (χ4n) is 5.07. The second-order valence-electron chi connectivity index (χ2n) is 11.1. The monoisotopic (exact) mass is 560 g/mol. The molecule has 1 atom stereocenters. The number of nitrogens with zero attached hydrogens (tertiary/aromatic N) is 2. The van der Waals surface area contributed by atoms with E-state index in [-0.39, 0.29) is 16.6 Å². The van der Waals surface area contributed by atoms with Crippen LogP contribution in [0.2, 0.25) is 10.0 Å². The second-order valence-corrected chi connectivity index (χ2v) is 12.9. The molecule has 0 aromatic heterocycles. The minimum atomic E-state index is -4.67. The molecule has 0 bridgehead atoms. The SMILES string of the molecule is CC(C)(C)CCN1CC2(C1)OCc1cc(C3=NS[C@@](c4cc(Cl)c(F)c(Cl)c4)(C(F)(F)F)C3)ccc12. The molecule has 5 rings (SSSR count). The minimum Gasteiger partial charge on any atom is -0.363 e. The van der Waals surface area contributed by atoms with E-state index in [0.717, 1.165) is 49.3 Å². The number of rotatable bonds is 4. The molecule has 3 aliphatic heterocycles. The van der Waals surface area contributed by atoms with E-state index in [2.05, 4.69) is 30.1 Å². The van der Waals surface area contributed by atoms with Crippen molar-refractivity contribution in [2.45, 2.75) is 56.7 Å². The lowest BCUT2D eigenvalue weighted by Crippen LogP contribution is -2.59. The van der Waals surface area contributed by atoms with Crippen LogP contribution in [0.1, 0.15) is 55.9 Å². The first-order chi connectivity index (χ1) is 16.7. The van der Waals surface area contributed by atoms with Crippen molar-refractivity contribution in [2.75, 3.05) is 19.6 Å². The van der Waals surface area contributed by atoms with Crippen molar-refractivity contribution < 1.29 is 22.3 Å². The number of hydrogen-bond donors (Lipinski definition) is 0. The average molecular weight is 561 g/mol. The molecule has 3 nitrogen and oxygen atoms in total. The zero-order valence-corrected chi connectivity index (χ0v) is 22.4. The maximum absolute atomic E-state index is 14.4. The minimum absolute atomic E-state index is 0.219. The maximum Gasteiger partial charge on any atom is 0.409 e. The number of halogens is 6. The van der Waals surface area contributed by atoms with Crippen LogP contribution in [0.3, 0.4) is 0 Å². The van der Waals surface area contributed by atoms with Crippen LogP contribution >= 0.6 is 35.1 Å². The molecule has 0 unspecified atom stereocenters. The first kappa shape index (κ1) is 26.3. The van der Waals surface area contributed by atoms with Crippen molar-refractivity contribution in [3.05, 3.63) is 68.4 Å². The van der Waals surface area contributed by atoms with Crippen molar-refractivity contribution in [1.29, 1.82) is 0 Å². The molecule has 0 aliphatic carbocycles. The molecule has 36 heavy (non-hydrogen) atoms. The fraction of sp³-hybridized carbons (Fsp3) is 0.500. The van der Waals surface area contributed by atoms with Gasteiger partial charge >= 0.3 is 6.18 Å². The van der Waals surface area contributed by atoms with E-state index in [1.54, 1.807) is 0 Å². The van der Waals surface area contributed by atoms with Crippen LogP contribution in [-0.2, 0) is 21.7 Å². The van der Waals surface area contributed by atoms with Gasteiger partial charge in [-0.1, -0.05) is 56.1 Å². The lowest BCUT2D eigenvalue weighted by atomic mass is 9.82. The van der Waals surface area contributed by atoms with Gasteiger partial charge in [-0.05, 0) is 70.8 Å². The van der Waals surface area contributed by atoms with Crippen molar-refractivity contribution in [3.8, 4) is 0 Å². The van der Waals surface area contributed by atoms with Crippen molar-refractivity contribution in [2.24, 2.45) is 9.81 Å². The van der Waals surface area contributed by atoms with Gasteiger partial charge in [-0.15, -0.1) is 0 Å². The summed E-state index contributed by atoms with van der Waals surface area (Å²) in [5, 5.41) is -0.903. The Morgan fingerprint density at radius 3 is 2.36 bits per heavy atom. The summed E-state index contributed by atoms with van der Waals surface area (Å²) < 4.78 is 65.1. The van der Waals surface area contributed by atoms with Crippen LogP contribution in [0, 0.1) is 11.2 Å². The van der Waals surface area contributed by atoms with Crippen LogP contribution in [0.5, 0.6) is 0 Å². The highest BCUT2D eigenvalue weighted by molar-refractivity contribution is 7.99. The summed E-state index contributed by atoms with van der Waals surface area (Å²) in [4.78, 5) is 2.38. The smallest absolute Gasteiger partial charge is 0.363 e. The Morgan fingerprint density at radius 2 is 1.75 bits per heavy atom. The van der Waals surface area contributed by atoms with Crippen LogP contribution in [0.4, 0.5) is 17.6 Å². The quantitative estimate of drug-likeness (QED) is 0.216. The molecule has 1 saturated heterocycles. The molecule has 1 fully saturated rings. The molecule has 0 radical (unpaired) electrons. The van der Waals surface area contributed by atoms with Gasteiger partial charge < -0.3 is 4.74 Å². The second kappa shape index (κ2) is 8.87. The Kier molecular flexibility index (Phi) is 6.48. The van der Waals surface area contributed by atoms with E-state index >= 15 is 0 Å². The van der Waals surface area contributed by atoms with Crippen molar-refractivity contribution in [1.82, 2.24) is 4.90 Å². The predicted molar refractivity (Wildman–Crippen MR) is 136 cm³/mol. The van der Waals surface area contributed by atoms with Gasteiger partial charge in [-0.25, -0.2) is 8.79 Å². The molecule has 0 saturated carbocycles. The number of ether oxygens (including phenoxy) is 1. The van der Waals surface area contributed by atoms with E-state index in [0.29, 0.717) is 29.8 Å². The third kappa shape index (κ3) is 4.47. The normalized spacial score (nSPS) is 23.6. The lowest BCUT2D eigenvalue weighted by Gasteiger charge is -2.48. The highest BCUT2D eigenvalue weighted by atomic mass is 35.5. The Hall–Kier alpha value is -1.32. The highest BCUT2D eigenvalue weighted by Gasteiger charge is 2.60. The Balaban J connectivity index is 1.36. The Labute approximate surface area is 222 Å². The van der Waals surface area contributed by atoms with Gasteiger partial charge in [-0.3, -0.25) is 4.90 Å². The standard InChI is InChI=1S/C26H26Cl2F4N2OS/c1-23(2,3)6-7-34-13-24(14-34)18-5-4-15(8-16(18)12-35-24)21-11-25(36-33-21,26(30,31)32)17-9-19(27)22(29)20(28)10-17/h4-5,8-10H,6-7,11-14H2,1-3H3/t25-/m0/s1. The van der Waals surface area contributed by atoms with Crippen LogP contribution in [0.25, 0.3) is 0 Å². The molecule has 3 heterocycles. The molecule has 3 aliphatic rings. The van der Waals surface area contributed by atoms with E-state index in [1.807, 2.05) is 18.2 Å². The molecule has 10 heteroatoms. The van der Waals surface area contributed by atoms with E-state index in [1.165, 1.54) is 0 Å². The number of benzene rings is 2. The van der Waals surface area contributed by atoms with Gasteiger partial charge in [0.05, 0.1) is 22.4 Å². The third-order valence-corrected chi connectivity index (χ3v) is 8.99. The summed E-state index contributed by atoms with van der Waals surface area (Å²) in [6.07, 6.45) is -3.98. The summed E-state index contributed by atoms with van der Waals surface area (Å²) in [6.45, 7) is 9.73. The summed E-state index contributed by atoms with van der Waals surface area (Å²) in [5.74, 6) is -0.941. The van der Waals surface area contributed by atoms with Crippen LogP contribution in [-0.4, -0.2) is 36.4 Å². The number of fused-ring (bicyclic) bond motifs is 2. The zero-order valence-electron chi connectivity index (χ0n) is 20.1. The highest BCUT2D eigenvalue weighted by Crippen LogP contribution is 2.57. The average Bonchev–Trinajstić information content (AvgIpc) is 3.37. The summed E-state index contributed by atoms with van der Waals surface area (Å²) in [7, 11) is 0. The fourth-order valence-corrected chi connectivity index (χ4v) is 6.52. The van der Waals surface area contributed by atoms with E-state index in [9.17, 15) is 17.6 Å². The van der Waals surface area contributed by atoms with Crippen molar-refractivity contribution >= 4 is 40.9 Å². The predicted octanol–water partition coefficient (Wildman–Crippen LogP) is 7.91. The summed E-state index contributed by atoms with van der Waals surface area (Å²) in [5.41, 5.74) is 2.73. The van der Waals surface area contributed by atoms with E-state index < -0.39 is 33.2 Å². The Morgan fingerprint density at radius 1 is 1.08 bits per heavy atom. The third-order valence-electron chi connectivity index (χ3n) is 7.21. The number of alkyl halides is 3. The lowest BCUT2D eigenvalue weighted by molar-refractivity contribution is -0.159. The number of likely N-dealkylation sites (tertiary alicyclic amines) is 1. The molecule has 2 aromatic carbocycles. The van der Waals surface area contributed by atoms with Gasteiger partial charge in [0.15, 0.2) is 10.6 Å². The maximum atomic E-state index is 14.4. The molecule has 0 N–H and O–H groups in total. The van der Waals surface area contributed by atoms with Gasteiger partial charge in [0.25, 0.3) is 0 Å². The van der Waals surface area contributed by atoms with Gasteiger partial charge in [-0.2, -0.15) is 13.2 Å². The number of hydrogen-bond acceptors (Lipinski definition) is 4. The molecule has 0 amide bonds. The van der Waals surface area contributed by atoms with Gasteiger partial charge in [0, 0.05) is 19.5 Å². The molecular weight excluding hydrogens is 535 g/mol. The van der Waals surface area contributed by atoms with Crippen molar-refractivity contribution in [3.63, 3.8) is 0 Å². The zero-order chi connectivity index (χ0) is 26.1. The first-order valence-electron chi connectivity index (χ1n) is 11.7. The molecule has 1 spiro atoms. The van der Waals surface area contributed by atoms with Gasteiger partial charge in [0.1, 0.15) is 5.60 Å². The summed E-state index contributed by atoms with van der Waals surface area (Å²) >= 11 is 12.1. The largest absolute Gasteiger partial charge is 0.409 e. The van der Waals surface area contributed by atoms with E-state index in [4.69, 9.17) is 27.9 Å². The topological polar surface area (TPSA) is 24.8 Å². The molecule has 2 aromatic rings.